The lowest BCUT2D eigenvalue weighted by molar-refractivity contribution is -0.114. The first kappa shape index (κ1) is 24.3. The number of anilines is 2. The van der Waals surface area contributed by atoms with E-state index in [9.17, 15) is 18.0 Å². The van der Waals surface area contributed by atoms with Crippen LogP contribution in [0.2, 0.25) is 0 Å². The van der Waals surface area contributed by atoms with Gasteiger partial charge in [0.05, 0.1) is 35.0 Å². The number of aryl methyl sites for hydroxylation is 1. The number of aromatic nitrogens is 1. The normalized spacial score (nSPS) is 11.3. The molecule has 182 valence electrons. The topological polar surface area (TPSA) is 107 Å². The second-order valence-corrected chi connectivity index (χ2v) is 10.4. The van der Waals surface area contributed by atoms with Crippen LogP contribution < -0.4 is 24.0 Å². The maximum atomic E-state index is 13.6. The predicted octanol–water partition coefficient (Wildman–Crippen LogP) is 3.45. The van der Waals surface area contributed by atoms with Crippen LogP contribution in [0.15, 0.2) is 76.4 Å². The molecule has 0 fully saturated rings. The molecule has 4 aromatic rings. The first-order valence-corrected chi connectivity index (χ1v) is 12.7. The smallest absolute Gasteiger partial charge is 0.307 e. The zero-order valence-corrected chi connectivity index (χ0v) is 20.9. The molecule has 0 saturated carbocycles. The van der Waals surface area contributed by atoms with Gasteiger partial charge in [-0.25, -0.2) is 8.42 Å². The zero-order valence-electron chi connectivity index (χ0n) is 19.2. The minimum absolute atomic E-state index is 0.0534. The molecule has 1 amide bonds. The van der Waals surface area contributed by atoms with Crippen LogP contribution >= 0.6 is 11.3 Å². The van der Waals surface area contributed by atoms with Crippen molar-refractivity contribution >= 4 is 48.9 Å². The Balaban J connectivity index is 1.66. The Bertz CT molecular complexity index is 1540. The summed E-state index contributed by atoms with van der Waals surface area (Å²) >= 11 is 1.07. The molecule has 35 heavy (non-hydrogen) atoms. The number of hydrogen-bond donors (Lipinski definition) is 1. The van der Waals surface area contributed by atoms with Gasteiger partial charge in [0, 0.05) is 18.8 Å². The van der Waals surface area contributed by atoms with E-state index in [1.807, 2.05) is 0 Å². The number of fused-ring (bicyclic) bond motifs is 1. The molecule has 0 atom stereocenters. The summed E-state index contributed by atoms with van der Waals surface area (Å²) in [4.78, 5) is 24.7. The Labute approximate surface area is 206 Å². The van der Waals surface area contributed by atoms with E-state index in [0.717, 1.165) is 21.2 Å². The predicted molar refractivity (Wildman–Crippen MR) is 136 cm³/mol. The first-order valence-electron chi connectivity index (χ1n) is 10.4. The second kappa shape index (κ2) is 9.80. The summed E-state index contributed by atoms with van der Waals surface area (Å²) in [6.45, 7) is -0.468. The van der Waals surface area contributed by atoms with E-state index in [0.29, 0.717) is 21.8 Å². The molecule has 0 bridgehead atoms. The third-order valence-corrected chi connectivity index (χ3v) is 8.12. The molecule has 0 spiro atoms. The molecule has 0 aliphatic carbocycles. The molecule has 0 radical (unpaired) electrons. The van der Waals surface area contributed by atoms with Crippen molar-refractivity contribution in [1.29, 1.82) is 0 Å². The Morgan fingerprint density at radius 2 is 1.71 bits per heavy atom. The fourth-order valence-corrected chi connectivity index (χ4v) is 5.91. The number of nitrogens with one attached hydrogen (secondary N) is 1. The van der Waals surface area contributed by atoms with E-state index in [4.69, 9.17) is 9.47 Å². The van der Waals surface area contributed by atoms with Crippen molar-refractivity contribution < 1.29 is 22.7 Å². The SMILES string of the molecule is COc1ccc(S(=O)(=O)N(CC(=O)Nc2ccc3c(c2)sc(=O)n3C)c2ccccc2)cc1OC. The van der Waals surface area contributed by atoms with Gasteiger partial charge in [-0.2, -0.15) is 0 Å². The lowest BCUT2D eigenvalue weighted by atomic mass is 10.3. The van der Waals surface area contributed by atoms with Gasteiger partial charge in [-0.05, 0) is 42.5 Å². The largest absolute Gasteiger partial charge is 0.493 e. The van der Waals surface area contributed by atoms with Crippen LogP contribution in [0.25, 0.3) is 10.2 Å². The maximum absolute atomic E-state index is 13.6. The van der Waals surface area contributed by atoms with Crippen molar-refractivity contribution in [3.05, 3.63) is 76.4 Å². The minimum atomic E-state index is -4.14. The van der Waals surface area contributed by atoms with Gasteiger partial charge in [0.2, 0.25) is 5.91 Å². The quantitative estimate of drug-likeness (QED) is 0.387. The minimum Gasteiger partial charge on any atom is -0.493 e. The van der Waals surface area contributed by atoms with Crippen molar-refractivity contribution in [2.45, 2.75) is 4.90 Å². The number of sulfonamides is 1. The summed E-state index contributed by atoms with van der Waals surface area (Å²) < 4.78 is 41.0. The molecule has 0 unspecified atom stereocenters. The van der Waals surface area contributed by atoms with Crippen LogP contribution in [-0.2, 0) is 21.9 Å². The monoisotopic (exact) mass is 513 g/mol. The highest BCUT2D eigenvalue weighted by atomic mass is 32.2. The van der Waals surface area contributed by atoms with E-state index in [2.05, 4.69) is 5.32 Å². The van der Waals surface area contributed by atoms with E-state index in [1.165, 1.54) is 37.0 Å². The number of benzene rings is 3. The number of rotatable bonds is 8. The van der Waals surface area contributed by atoms with Gasteiger partial charge in [-0.1, -0.05) is 29.5 Å². The molecular weight excluding hydrogens is 490 g/mol. The summed E-state index contributed by atoms with van der Waals surface area (Å²) in [5.41, 5.74) is 1.54. The van der Waals surface area contributed by atoms with E-state index in [1.54, 1.807) is 55.6 Å². The summed E-state index contributed by atoms with van der Waals surface area (Å²) in [6.07, 6.45) is 0. The van der Waals surface area contributed by atoms with E-state index >= 15 is 0 Å². The van der Waals surface area contributed by atoms with Crippen LogP contribution in [0, 0.1) is 0 Å². The molecule has 0 saturated heterocycles. The molecule has 0 aliphatic heterocycles. The van der Waals surface area contributed by atoms with Crippen LogP contribution in [0.5, 0.6) is 11.5 Å². The third kappa shape index (κ3) is 4.86. The van der Waals surface area contributed by atoms with E-state index < -0.39 is 22.5 Å². The highest BCUT2D eigenvalue weighted by Gasteiger charge is 2.28. The summed E-state index contributed by atoms with van der Waals surface area (Å²) in [6, 6.07) is 17.7. The molecule has 11 heteroatoms. The highest BCUT2D eigenvalue weighted by Crippen LogP contribution is 2.32. The van der Waals surface area contributed by atoms with Gasteiger partial charge < -0.3 is 19.4 Å². The lowest BCUT2D eigenvalue weighted by Crippen LogP contribution is -2.38. The number of para-hydroxylation sites is 1. The van der Waals surface area contributed by atoms with Gasteiger partial charge in [0.1, 0.15) is 6.54 Å². The molecule has 1 aromatic heterocycles. The summed E-state index contributed by atoms with van der Waals surface area (Å²) in [5, 5.41) is 2.73. The van der Waals surface area contributed by atoms with Gasteiger partial charge in [0.25, 0.3) is 10.0 Å². The molecule has 3 aromatic carbocycles. The molecule has 0 aliphatic rings. The van der Waals surface area contributed by atoms with Crippen molar-refractivity contribution in [2.24, 2.45) is 7.05 Å². The highest BCUT2D eigenvalue weighted by molar-refractivity contribution is 7.92. The first-order chi connectivity index (χ1) is 16.7. The average molecular weight is 514 g/mol. The van der Waals surface area contributed by atoms with Gasteiger partial charge >= 0.3 is 4.87 Å². The zero-order chi connectivity index (χ0) is 25.2. The number of hydrogen-bond acceptors (Lipinski definition) is 7. The molecule has 1 heterocycles. The van der Waals surface area contributed by atoms with E-state index in [-0.39, 0.29) is 15.5 Å². The number of methoxy groups -OCH3 is 2. The summed E-state index contributed by atoms with van der Waals surface area (Å²) in [5.74, 6) is 0.0933. The number of carbonyl (C=O) groups is 1. The number of nitrogens with zero attached hydrogens (tertiary/aromatic N) is 2. The average Bonchev–Trinajstić information content (AvgIpc) is 3.14. The van der Waals surface area contributed by atoms with Crippen molar-refractivity contribution in [3.8, 4) is 11.5 Å². The van der Waals surface area contributed by atoms with Crippen LogP contribution in [0.1, 0.15) is 0 Å². The second-order valence-electron chi connectivity index (χ2n) is 7.52. The molecule has 1 N–H and O–H groups in total. The fraction of sp³-hybridized carbons (Fsp3) is 0.167. The Kier molecular flexibility index (Phi) is 6.81. The van der Waals surface area contributed by atoms with Crippen LogP contribution in [0.3, 0.4) is 0 Å². The Morgan fingerprint density at radius 1 is 1.00 bits per heavy atom. The number of ether oxygens (including phenoxy) is 2. The summed E-state index contributed by atoms with van der Waals surface area (Å²) in [7, 11) is 0.405. The number of amides is 1. The van der Waals surface area contributed by atoms with Crippen molar-refractivity contribution in [2.75, 3.05) is 30.4 Å². The molecular formula is C24H23N3O6S2. The lowest BCUT2D eigenvalue weighted by Gasteiger charge is -2.24. The maximum Gasteiger partial charge on any atom is 0.307 e. The standard InChI is InChI=1S/C24H23N3O6S2/c1-26-19-11-9-16(13-22(19)34-24(26)29)25-23(28)15-27(17-7-5-4-6-8-17)35(30,31)18-10-12-20(32-2)21(14-18)33-3/h4-14H,15H2,1-3H3,(H,25,28). The number of thiazole rings is 1. The van der Waals surface area contributed by atoms with Crippen molar-refractivity contribution in [3.63, 3.8) is 0 Å². The van der Waals surface area contributed by atoms with Crippen LogP contribution in [-0.4, -0.2) is 39.7 Å². The molecule has 9 nitrogen and oxygen atoms in total. The number of carbonyl (C=O) groups excluding carboxylic acids is 1. The van der Waals surface area contributed by atoms with Gasteiger partial charge in [-0.15, -0.1) is 0 Å². The molecule has 4 rings (SSSR count). The fourth-order valence-electron chi connectivity index (χ4n) is 3.56. The Hall–Kier alpha value is -3.83. The Morgan fingerprint density at radius 3 is 2.40 bits per heavy atom. The van der Waals surface area contributed by atoms with Crippen molar-refractivity contribution in [1.82, 2.24) is 4.57 Å². The van der Waals surface area contributed by atoms with Crippen LogP contribution in [0.4, 0.5) is 11.4 Å². The van der Waals surface area contributed by atoms with Gasteiger partial charge in [-0.3, -0.25) is 13.9 Å². The van der Waals surface area contributed by atoms with Gasteiger partial charge in [0.15, 0.2) is 11.5 Å². The third-order valence-electron chi connectivity index (χ3n) is 5.35.